The quantitative estimate of drug-likeness (QED) is 0.473. The number of nitriles is 1. The monoisotopic (exact) mass is 200 g/mol. The molecule has 0 fully saturated rings. The normalized spacial score (nSPS) is 12.2. The third-order valence-corrected chi connectivity index (χ3v) is 1.81. The van der Waals surface area contributed by atoms with Gasteiger partial charge >= 0.3 is 5.97 Å². The molecule has 0 spiro atoms. The van der Waals surface area contributed by atoms with E-state index in [1.807, 2.05) is 13.0 Å². The van der Waals surface area contributed by atoms with E-state index in [9.17, 15) is 9.90 Å². The highest BCUT2D eigenvalue weighted by Gasteiger charge is 2.13. The van der Waals surface area contributed by atoms with E-state index in [0.29, 0.717) is 13.0 Å². The average Bonchev–Trinajstić information content (AvgIpc) is 2.17. The molecular weight excluding hydrogens is 184 g/mol. The molecule has 1 unspecified atom stereocenters. The van der Waals surface area contributed by atoms with Gasteiger partial charge in [-0.25, -0.2) is 0 Å². The molecule has 14 heavy (non-hydrogen) atoms. The minimum atomic E-state index is -0.506. The molecule has 0 heterocycles. The van der Waals surface area contributed by atoms with E-state index in [4.69, 9.17) is 5.26 Å². The number of rotatable bonds is 6. The van der Waals surface area contributed by atoms with Crippen molar-refractivity contribution in [3.05, 3.63) is 0 Å². The molecule has 5 nitrogen and oxygen atoms in total. The molecule has 0 aliphatic rings. The van der Waals surface area contributed by atoms with Gasteiger partial charge in [0.05, 0.1) is 32.4 Å². The Bertz CT molecular complexity index is 213. The van der Waals surface area contributed by atoms with Crippen molar-refractivity contribution in [2.75, 3.05) is 26.7 Å². The van der Waals surface area contributed by atoms with Crippen molar-refractivity contribution in [1.29, 1.82) is 5.26 Å². The summed E-state index contributed by atoms with van der Waals surface area (Å²) in [7, 11) is 1.29. The summed E-state index contributed by atoms with van der Waals surface area (Å²) in [5, 5.41) is 17.8. The lowest BCUT2D eigenvalue weighted by Gasteiger charge is -2.20. The first-order valence-electron chi connectivity index (χ1n) is 4.48. The molecule has 1 N–H and O–H groups in total. The van der Waals surface area contributed by atoms with Crippen molar-refractivity contribution >= 4 is 5.97 Å². The van der Waals surface area contributed by atoms with Crippen LogP contribution >= 0.6 is 0 Å². The molecule has 5 heteroatoms. The maximum absolute atomic E-state index is 10.9. The van der Waals surface area contributed by atoms with Gasteiger partial charge in [-0.05, 0) is 6.42 Å². The lowest BCUT2D eigenvalue weighted by Crippen LogP contribution is -2.36. The second-order valence-corrected chi connectivity index (χ2v) is 2.97. The molecule has 0 amide bonds. The Hall–Kier alpha value is -1.12. The van der Waals surface area contributed by atoms with Gasteiger partial charge in [0, 0.05) is 6.54 Å². The molecule has 1 atom stereocenters. The number of nitrogens with zero attached hydrogens (tertiary/aromatic N) is 2. The standard InChI is InChI=1S/C9H16N2O3/c1-3-8(12)6-11(5-4-10)7-9(13)14-2/h8,12H,3,5-7H2,1-2H3. The van der Waals surface area contributed by atoms with E-state index in [-0.39, 0.29) is 13.1 Å². The Morgan fingerprint density at radius 1 is 1.71 bits per heavy atom. The Balaban J connectivity index is 4.02. The second kappa shape index (κ2) is 7.30. The second-order valence-electron chi connectivity index (χ2n) is 2.97. The van der Waals surface area contributed by atoms with E-state index in [1.165, 1.54) is 7.11 Å². The summed E-state index contributed by atoms with van der Waals surface area (Å²) in [5.41, 5.74) is 0. The van der Waals surface area contributed by atoms with Crippen LogP contribution in [-0.2, 0) is 9.53 Å². The zero-order valence-corrected chi connectivity index (χ0v) is 8.56. The molecule has 0 aromatic heterocycles. The van der Waals surface area contributed by atoms with Crippen LogP contribution in [0.1, 0.15) is 13.3 Å². The summed E-state index contributed by atoms with van der Waals surface area (Å²) >= 11 is 0. The Labute approximate surface area is 83.9 Å². The molecule has 0 saturated carbocycles. The van der Waals surface area contributed by atoms with Crippen LogP contribution in [0.3, 0.4) is 0 Å². The number of esters is 1. The number of ether oxygens (including phenoxy) is 1. The summed E-state index contributed by atoms with van der Waals surface area (Å²) in [6.45, 7) is 2.32. The van der Waals surface area contributed by atoms with Crippen LogP contribution in [-0.4, -0.2) is 48.8 Å². The number of hydrogen-bond acceptors (Lipinski definition) is 5. The third-order valence-electron chi connectivity index (χ3n) is 1.81. The molecule has 0 aliphatic heterocycles. The summed E-state index contributed by atoms with van der Waals surface area (Å²) in [4.78, 5) is 12.5. The Morgan fingerprint density at radius 2 is 2.36 bits per heavy atom. The molecule has 0 rings (SSSR count). The van der Waals surface area contributed by atoms with Crippen LogP contribution in [0.4, 0.5) is 0 Å². The zero-order chi connectivity index (χ0) is 11.0. The number of hydrogen-bond donors (Lipinski definition) is 1. The van der Waals surface area contributed by atoms with Crippen LogP contribution in [0.2, 0.25) is 0 Å². The van der Waals surface area contributed by atoms with Gasteiger partial charge in [-0.2, -0.15) is 5.26 Å². The number of carbonyl (C=O) groups is 1. The summed E-state index contributed by atoms with van der Waals surface area (Å²) in [6.07, 6.45) is 0.0938. The molecule has 0 bridgehead atoms. The molecule has 0 radical (unpaired) electrons. The lowest BCUT2D eigenvalue weighted by molar-refractivity contribution is -0.142. The van der Waals surface area contributed by atoms with Gasteiger partial charge in [0.25, 0.3) is 0 Å². The van der Waals surface area contributed by atoms with Gasteiger partial charge in [0.2, 0.25) is 0 Å². The highest BCUT2D eigenvalue weighted by molar-refractivity contribution is 5.71. The van der Waals surface area contributed by atoms with E-state index in [2.05, 4.69) is 4.74 Å². The van der Waals surface area contributed by atoms with Crippen LogP contribution < -0.4 is 0 Å². The van der Waals surface area contributed by atoms with Gasteiger partial charge in [0.1, 0.15) is 0 Å². The predicted molar refractivity (Wildman–Crippen MR) is 50.4 cm³/mol. The van der Waals surface area contributed by atoms with Gasteiger partial charge in [-0.3, -0.25) is 9.69 Å². The molecule has 0 saturated heterocycles. The SMILES string of the molecule is CCC(O)CN(CC#N)CC(=O)OC. The first-order chi connectivity index (χ1) is 6.63. The molecular formula is C9H16N2O3. The Kier molecular flexibility index (Phi) is 6.72. The number of aliphatic hydroxyl groups excluding tert-OH is 1. The maximum atomic E-state index is 10.9. The largest absolute Gasteiger partial charge is 0.468 e. The van der Waals surface area contributed by atoms with Gasteiger partial charge < -0.3 is 9.84 Å². The fourth-order valence-corrected chi connectivity index (χ4v) is 0.959. The third kappa shape index (κ3) is 5.51. The first kappa shape index (κ1) is 12.9. The molecule has 0 aromatic carbocycles. The van der Waals surface area contributed by atoms with Gasteiger partial charge in [-0.1, -0.05) is 6.92 Å². The average molecular weight is 200 g/mol. The zero-order valence-electron chi connectivity index (χ0n) is 8.56. The van der Waals surface area contributed by atoms with Crippen LogP contribution in [0, 0.1) is 11.3 Å². The fraction of sp³-hybridized carbons (Fsp3) is 0.778. The van der Waals surface area contributed by atoms with Crippen molar-refractivity contribution in [2.45, 2.75) is 19.4 Å². The highest BCUT2D eigenvalue weighted by Crippen LogP contribution is 1.96. The van der Waals surface area contributed by atoms with Crippen molar-refractivity contribution in [3.63, 3.8) is 0 Å². The van der Waals surface area contributed by atoms with E-state index < -0.39 is 12.1 Å². The van der Waals surface area contributed by atoms with Crippen LogP contribution in [0.15, 0.2) is 0 Å². The molecule has 0 aromatic rings. The predicted octanol–water partition coefficient (Wildman–Crippen LogP) is -0.244. The number of methoxy groups -OCH3 is 1. The fourth-order valence-electron chi connectivity index (χ4n) is 0.959. The van der Waals surface area contributed by atoms with Crippen molar-refractivity contribution < 1.29 is 14.6 Å². The smallest absolute Gasteiger partial charge is 0.319 e. The van der Waals surface area contributed by atoms with Crippen molar-refractivity contribution in [1.82, 2.24) is 4.90 Å². The Morgan fingerprint density at radius 3 is 2.79 bits per heavy atom. The summed E-state index contributed by atoms with van der Waals surface area (Å²) in [6, 6.07) is 1.93. The minimum Gasteiger partial charge on any atom is -0.468 e. The van der Waals surface area contributed by atoms with Crippen molar-refractivity contribution in [3.8, 4) is 6.07 Å². The highest BCUT2D eigenvalue weighted by atomic mass is 16.5. The maximum Gasteiger partial charge on any atom is 0.319 e. The lowest BCUT2D eigenvalue weighted by atomic mass is 10.2. The number of carbonyl (C=O) groups excluding carboxylic acids is 1. The molecule has 0 aliphatic carbocycles. The summed E-state index contributed by atoms with van der Waals surface area (Å²) < 4.78 is 4.47. The van der Waals surface area contributed by atoms with E-state index >= 15 is 0 Å². The van der Waals surface area contributed by atoms with E-state index in [1.54, 1.807) is 4.90 Å². The summed E-state index contributed by atoms with van der Waals surface area (Å²) in [5.74, 6) is -0.399. The van der Waals surface area contributed by atoms with Gasteiger partial charge in [-0.15, -0.1) is 0 Å². The van der Waals surface area contributed by atoms with E-state index in [0.717, 1.165) is 0 Å². The van der Waals surface area contributed by atoms with Crippen molar-refractivity contribution in [2.24, 2.45) is 0 Å². The van der Waals surface area contributed by atoms with Gasteiger partial charge in [0.15, 0.2) is 0 Å². The number of aliphatic hydroxyl groups is 1. The topological polar surface area (TPSA) is 73.6 Å². The first-order valence-corrected chi connectivity index (χ1v) is 4.48. The molecule has 80 valence electrons. The minimum absolute atomic E-state index is 0.0428. The van der Waals surface area contributed by atoms with Crippen LogP contribution in [0.25, 0.3) is 0 Å². The van der Waals surface area contributed by atoms with Crippen LogP contribution in [0.5, 0.6) is 0 Å².